The van der Waals surface area contributed by atoms with Crippen molar-refractivity contribution in [3.63, 3.8) is 0 Å². The standard InChI is InChI=1S/C21H19OP/c22-17-10-18-23(19-11-4-1-5-12-19,20-13-6-2-7-14-20)21-15-8-3-9-16-21/h1-18,23H. The summed E-state index contributed by atoms with van der Waals surface area (Å²) in [5.74, 6) is 2.12. The Morgan fingerprint density at radius 1 is 0.565 bits per heavy atom. The van der Waals surface area contributed by atoms with Gasteiger partial charge in [-0.3, -0.25) is 0 Å². The molecule has 3 rings (SSSR count). The van der Waals surface area contributed by atoms with Crippen LogP contribution in [0.2, 0.25) is 0 Å². The van der Waals surface area contributed by atoms with Gasteiger partial charge in [0.05, 0.1) is 0 Å². The predicted molar refractivity (Wildman–Crippen MR) is 102 cm³/mol. The zero-order valence-corrected chi connectivity index (χ0v) is 13.8. The van der Waals surface area contributed by atoms with Crippen molar-refractivity contribution in [1.82, 2.24) is 0 Å². The third-order valence-electron chi connectivity index (χ3n) is 4.11. The van der Waals surface area contributed by atoms with Crippen molar-refractivity contribution in [2.75, 3.05) is 0 Å². The number of aldehydes is 1. The maximum absolute atomic E-state index is 11.1. The number of hydrogen-bond donors (Lipinski definition) is 0. The molecule has 0 aromatic heterocycles. The minimum absolute atomic E-state index is 0.872. The van der Waals surface area contributed by atoms with Crippen LogP contribution in [0, 0.1) is 0 Å². The average molecular weight is 318 g/mol. The van der Waals surface area contributed by atoms with E-state index in [0.29, 0.717) is 0 Å². The average Bonchev–Trinajstić information content (AvgIpc) is 2.65. The fourth-order valence-electron chi connectivity index (χ4n) is 3.08. The minimum atomic E-state index is -2.36. The third kappa shape index (κ3) is 3.02. The summed E-state index contributed by atoms with van der Waals surface area (Å²) >= 11 is 0. The number of hydrogen-bond acceptors (Lipinski definition) is 1. The van der Waals surface area contributed by atoms with Crippen molar-refractivity contribution in [3.8, 4) is 0 Å². The quantitative estimate of drug-likeness (QED) is 0.400. The van der Waals surface area contributed by atoms with E-state index < -0.39 is 7.26 Å². The monoisotopic (exact) mass is 318 g/mol. The molecule has 0 unspecified atom stereocenters. The van der Waals surface area contributed by atoms with E-state index in [2.05, 4.69) is 78.6 Å². The number of carbonyl (C=O) groups is 1. The molecule has 114 valence electrons. The van der Waals surface area contributed by atoms with E-state index >= 15 is 0 Å². The van der Waals surface area contributed by atoms with Crippen molar-refractivity contribution in [2.45, 2.75) is 0 Å². The van der Waals surface area contributed by atoms with Crippen LogP contribution in [0.4, 0.5) is 0 Å². The van der Waals surface area contributed by atoms with Crippen LogP contribution >= 0.6 is 7.26 Å². The maximum atomic E-state index is 11.1. The number of benzene rings is 3. The third-order valence-corrected chi connectivity index (χ3v) is 8.54. The Hall–Kier alpha value is -2.50. The molecule has 0 aliphatic carbocycles. The molecule has 0 atom stereocenters. The molecule has 3 aromatic carbocycles. The van der Waals surface area contributed by atoms with Gasteiger partial charge in [-0.15, -0.1) is 0 Å². The van der Waals surface area contributed by atoms with Gasteiger partial charge in [-0.2, -0.15) is 0 Å². The SMILES string of the molecule is O=CC=C[PH](c1ccccc1)(c1ccccc1)c1ccccc1. The van der Waals surface area contributed by atoms with Gasteiger partial charge in [-0.05, 0) is 0 Å². The van der Waals surface area contributed by atoms with E-state index in [4.69, 9.17) is 0 Å². The summed E-state index contributed by atoms with van der Waals surface area (Å²) in [6, 6.07) is 31.5. The Bertz CT molecular complexity index is 683. The van der Waals surface area contributed by atoms with Crippen LogP contribution in [0.5, 0.6) is 0 Å². The molecule has 0 spiro atoms. The second kappa shape index (κ2) is 7.17. The van der Waals surface area contributed by atoms with E-state index in [-0.39, 0.29) is 0 Å². The zero-order valence-electron chi connectivity index (χ0n) is 12.8. The molecule has 0 aliphatic rings. The van der Waals surface area contributed by atoms with E-state index in [1.165, 1.54) is 15.9 Å². The zero-order chi connectivity index (χ0) is 16.0. The molecule has 0 heterocycles. The molecule has 1 nitrogen and oxygen atoms in total. The summed E-state index contributed by atoms with van der Waals surface area (Å²) in [5.41, 5.74) is 0. The summed E-state index contributed by atoms with van der Waals surface area (Å²) in [6.45, 7) is 0. The van der Waals surface area contributed by atoms with Gasteiger partial charge in [0.25, 0.3) is 0 Å². The molecule has 0 saturated heterocycles. The van der Waals surface area contributed by atoms with E-state index in [0.717, 1.165) is 6.29 Å². The van der Waals surface area contributed by atoms with Crippen LogP contribution in [0.1, 0.15) is 0 Å². The molecule has 0 saturated carbocycles. The fourth-order valence-corrected chi connectivity index (χ4v) is 7.17. The first-order chi connectivity index (χ1) is 11.4. The van der Waals surface area contributed by atoms with Crippen molar-refractivity contribution < 1.29 is 4.79 Å². The number of rotatable bonds is 5. The Morgan fingerprint density at radius 3 is 1.22 bits per heavy atom. The first-order valence-corrected chi connectivity index (χ1v) is 9.75. The molecule has 2 heteroatoms. The molecule has 3 aromatic rings. The van der Waals surface area contributed by atoms with Gasteiger partial charge < -0.3 is 0 Å². The second-order valence-corrected chi connectivity index (χ2v) is 9.08. The molecule has 0 aliphatic heterocycles. The van der Waals surface area contributed by atoms with Gasteiger partial charge in [0, 0.05) is 0 Å². The van der Waals surface area contributed by atoms with Crippen molar-refractivity contribution in [2.24, 2.45) is 0 Å². The first-order valence-electron chi connectivity index (χ1n) is 7.67. The van der Waals surface area contributed by atoms with Gasteiger partial charge >= 0.3 is 137 Å². The summed E-state index contributed by atoms with van der Waals surface area (Å²) in [5, 5.41) is 3.82. The fraction of sp³-hybridized carbons (Fsp3) is 0. The van der Waals surface area contributed by atoms with Crippen LogP contribution in [0.3, 0.4) is 0 Å². The Balaban J connectivity index is 2.35. The summed E-state index contributed by atoms with van der Waals surface area (Å²) in [6.07, 6.45) is 2.52. The number of carbonyl (C=O) groups excluding carboxylic acids is 1. The van der Waals surface area contributed by atoms with E-state index in [1.54, 1.807) is 6.08 Å². The van der Waals surface area contributed by atoms with Crippen molar-refractivity contribution in [3.05, 3.63) is 103 Å². The topological polar surface area (TPSA) is 17.1 Å². The van der Waals surface area contributed by atoms with Crippen LogP contribution in [-0.2, 0) is 4.79 Å². The normalized spacial score (nSPS) is 12.2. The van der Waals surface area contributed by atoms with Gasteiger partial charge in [0.1, 0.15) is 0 Å². The van der Waals surface area contributed by atoms with Gasteiger partial charge in [0.2, 0.25) is 0 Å². The van der Waals surface area contributed by atoms with E-state index in [9.17, 15) is 4.79 Å². The molecule has 23 heavy (non-hydrogen) atoms. The van der Waals surface area contributed by atoms with Crippen molar-refractivity contribution >= 4 is 29.5 Å². The van der Waals surface area contributed by atoms with Crippen LogP contribution < -0.4 is 15.9 Å². The van der Waals surface area contributed by atoms with E-state index in [1.807, 2.05) is 18.2 Å². The van der Waals surface area contributed by atoms with Gasteiger partial charge in [-0.25, -0.2) is 0 Å². The van der Waals surface area contributed by atoms with Gasteiger partial charge in [0.15, 0.2) is 0 Å². The molecular formula is C21H19OP. The molecular weight excluding hydrogens is 299 g/mol. The molecule has 0 bridgehead atoms. The predicted octanol–water partition coefficient (Wildman–Crippen LogP) is 3.43. The summed E-state index contributed by atoms with van der Waals surface area (Å²) in [4.78, 5) is 11.1. The summed E-state index contributed by atoms with van der Waals surface area (Å²) < 4.78 is 0. The number of allylic oxidation sites excluding steroid dienone is 1. The van der Waals surface area contributed by atoms with Crippen LogP contribution in [-0.4, -0.2) is 6.29 Å². The molecule has 0 N–H and O–H groups in total. The van der Waals surface area contributed by atoms with Crippen LogP contribution in [0.25, 0.3) is 0 Å². The molecule has 0 radical (unpaired) electrons. The van der Waals surface area contributed by atoms with Gasteiger partial charge in [-0.1, -0.05) is 0 Å². The molecule has 0 amide bonds. The Labute approximate surface area is 137 Å². The Kier molecular flexibility index (Phi) is 4.80. The Morgan fingerprint density at radius 2 is 0.913 bits per heavy atom. The first kappa shape index (κ1) is 15.4. The molecule has 0 fully saturated rings. The van der Waals surface area contributed by atoms with Crippen LogP contribution in [0.15, 0.2) is 103 Å². The second-order valence-electron chi connectivity index (χ2n) is 5.40. The van der Waals surface area contributed by atoms with Crippen molar-refractivity contribution in [1.29, 1.82) is 0 Å². The summed E-state index contributed by atoms with van der Waals surface area (Å²) in [7, 11) is -2.36.